The predicted octanol–water partition coefficient (Wildman–Crippen LogP) is 2.11. The van der Waals surface area contributed by atoms with Gasteiger partial charge in [0, 0.05) is 25.1 Å². The van der Waals surface area contributed by atoms with Crippen molar-refractivity contribution in [1.29, 1.82) is 0 Å². The fraction of sp³-hybridized carbons (Fsp3) is 0.667. The van der Waals surface area contributed by atoms with Crippen molar-refractivity contribution in [3.8, 4) is 0 Å². The van der Waals surface area contributed by atoms with Crippen molar-refractivity contribution in [1.82, 2.24) is 14.9 Å². The summed E-state index contributed by atoms with van der Waals surface area (Å²) in [6, 6.07) is 0. The number of hydrogen-bond donors (Lipinski definition) is 1. The minimum atomic E-state index is -0.0715. The second kappa shape index (κ2) is 5.21. The first-order chi connectivity index (χ1) is 8.15. The molecule has 0 radical (unpaired) electrons. The Balaban J connectivity index is 1.91. The van der Waals surface area contributed by atoms with E-state index in [2.05, 4.69) is 26.2 Å². The summed E-state index contributed by atoms with van der Waals surface area (Å²) < 4.78 is 1.78. The molecule has 94 valence electrons. The zero-order valence-corrected chi connectivity index (χ0v) is 11.7. The summed E-state index contributed by atoms with van der Waals surface area (Å²) in [7, 11) is 1.86. The van der Waals surface area contributed by atoms with Crippen molar-refractivity contribution in [2.45, 2.75) is 25.7 Å². The standard InChI is InChI=1S/C12H18BrN3O/c1-16-6-10(15-9-16)11(17)14-8-12(7-13)4-2-3-5-12/h6,9H,2-5,7-8H2,1H3,(H,14,17). The van der Waals surface area contributed by atoms with E-state index in [9.17, 15) is 4.79 Å². The first-order valence-corrected chi connectivity index (χ1v) is 7.09. The Kier molecular flexibility index (Phi) is 3.86. The van der Waals surface area contributed by atoms with E-state index in [0.717, 1.165) is 11.9 Å². The molecule has 1 aliphatic rings. The Bertz CT molecular complexity index is 396. The average Bonchev–Trinajstić information content (AvgIpc) is 2.95. The molecule has 1 N–H and O–H groups in total. The quantitative estimate of drug-likeness (QED) is 0.866. The zero-order chi connectivity index (χ0) is 12.3. The Labute approximate surface area is 110 Å². The number of aromatic nitrogens is 2. The second-order valence-electron chi connectivity index (χ2n) is 4.95. The minimum Gasteiger partial charge on any atom is -0.350 e. The number of nitrogens with one attached hydrogen (secondary N) is 1. The maximum Gasteiger partial charge on any atom is 0.271 e. The van der Waals surface area contributed by atoms with Crippen LogP contribution in [0, 0.1) is 5.41 Å². The predicted molar refractivity (Wildman–Crippen MR) is 70.2 cm³/mol. The molecule has 5 heteroatoms. The van der Waals surface area contributed by atoms with Crippen LogP contribution in [0.4, 0.5) is 0 Å². The molecule has 1 heterocycles. The molecule has 0 aliphatic heterocycles. The van der Waals surface area contributed by atoms with Gasteiger partial charge < -0.3 is 9.88 Å². The molecular formula is C12H18BrN3O. The van der Waals surface area contributed by atoms with Gasteiger partial charge in [-0.05, 0) is 18.3 Å². The molecule has 1 aromatic rings. The lowest BCUT2D eigenvalue weighted by Crippen LogP contribution is -2.37. The van der Waals surface area contributed by atoms with E-state index >= 15 is 0 Å². The lowest BCUT2D eigenvalue weighted by molar-refractivity contribution is 0.0931. The van der Waals surface area contributed by atoms with Crippen LogP contribution >= 0.6 is 15.9 Å². The molecule has 0 spiro atoms. The van der Waals surface area contributed by atoms with E-state index < -0.39 is 0 Å². The summed E-state index contributed by atoms with van der Waals surface area (Å²) in [5.74, 6) is -0.0715. The molecular weight excluding hydrogens is 282 g/mol. The third kappa shape index (κ3) is 2.89. The summed E-state index contributed by atoms with van der Waals surface area (Å²) >= 11 is 3.57. The van der Waals surface area contributed by atoms with Crippen LogP contribution in [0.2, 0.25) is 0 Å². The normalized spacial score (nSPS) is 18.2. The molecule has 1 fully saturated rings. The first kappa shape index (κ1) is 12.6. The summed E-state index contributed by atoms with van der Waals surface area (Å²) in [4.78, 5) is 15.9. The molecule has 0 atom stereocenters. The molecule has 2 rings (SSSR count). The molecule has 1 saturated carbocycles. The number of amides is 1. The van der Waals surface area contributed by atoms with Crippen molar-refractivity contribution in [3.05, 3.63) is 18.2 Å². The monoisotopic (exact) mass is 299 g/mol. The van der Waals surface area contributed by atoms with Crippen LogP contribution in [0.1, 0.15) is 36.2 Å². The van der Waals surface area contributed by atoms with Gasteiger partial charge in [-0.2, -0.15) is 0 Å². The molecule has 0 saturated heterocycles. The number of aryl methyl sites for hydroxylation is 1. The number of nitrogens with zero attached hydrogens (tertiary/aromatic N) is 2. The van der Waals surface area contributed by atoms with Crippen molar-refractivity contribution in [3.63, 3.8) is 0 Å². The van der Waals surface area contributed by atoms with E-state index in [1.54, 1.807) is 17.1 Å². The van der Waals surface area contributed by atoms with Crippen LogP contribution < -0.4 is 5.32 Å². The van der Waals surface area contributed by atoms with Gasteiger partial charge in [-0.15, -0.1) is 0 Å². The van der Waals surface area contributed by atoms with Gasteiger partial charge in [-0.3, -0.25) is 4.79 Å². The fourth-order valence-corrected chi connectivity index (χ4v) is 3.13. The smallest absolute Gasteiger partial charge is 0.271 e. The Morgan fingerprint density at radius 3 is 2.82 bits per heavy atom. The van der Waals surface area contributed by atoms with Gasteiger partial charge in [0.1, 0.15) is 5.69 Å². The van der Waals surface area contributed by atoms with E-state index in [1.807, 2.05) is 7.05 Å². The van der Waals surface area contributed by atoms with Gasteiger partial charge >= 0.3 is 0 Å². The van der Waals surface area contributed by atoms with E-state index in [4.69, 9.17) is 0 Å². The highest BCUT2D eigenvalue weighted by molar-refractivity contribution is 9.09. The molecule has 17 heavy (non-hydrogen) atoms. The first-order valence-electron chi connectivity index (χ1n) is 5.97. The van der Waals surface area contributed by atoms with Crippen LogP contribution in [-0.4, -0.2) is 27.3 Å². The Morgan fingerprint density at radius 1 is 1.59 bits per heavy atom. The third-order valence-corrected chi connectivity index (χ3v) is 4.70. The van der Waals surface area contributed by atoms with Gasteiger partial charge in [0.05, 0.1) is 6.33 Å². The molecule has 4 nitrogen and oxygen atoms in total. The highest BCUT2D eigenvalue weighted by Gasteiger charge is 2.33. The lowest BCUT2D eigenvalue weighted by Gasteiger charge is -2.26. The summed E-state index contributed by atoms with van der Waals surface area (Å²) in [5, 5.41) is 3.96. The van der Waals surface area contributed by atoms with Gasteiger partial charge in [0.25, 0.3) is 5.91 Å². The molecule has 0 bridgehead atoms. The van der Waals surface area contributed by atoms with Gasteiger partial charge in [0.15, 0.2) is 0 Å². The van der Waals surface area contributed by atoms with Crippen LogP contribution in [-0.2, 0) is 7.05 Å². The Hall–Kier alpha value is -0.840. The second-order valence-corrected chi connectivity index (χ2v) is 5.51. The van der Waals surface area contributed by atoms with Crippen molar-refractivity contribution >= 4 is 21.8 Å². The van der Waals surface area contributed by atoms with E-state index in [-0.39, 0.29) is 11.3 Å². The summed E-state index contributed by atoms with van der Waals surface area (Å²) in [5.41, 5.74) is 0.750. The summed E-state index contributed by atoms with van der Waals surface area (Å²) in [6.45, 7) is 0.744. The van der Waals surface area contributed by atoms with E-state index in [0.29, 0.717) is 5.69 Å². The molecule has 0 aromatic carbocycles. The van der Waals surface area contributed by atoms with Crippen molar-refractivity contribution in [2.75, 3.05) is 11.9 Å². The average molecular weight is 300 g/mol. The molecule has 1 amide bonds. The van der Waals surface area contributed by atoms with E-state index in [1.165, 1.54) is 25.7 Å². The van der Waals surface area contributed by atoms with Gasteiger partial charge in [-0.25, -0.2) is 4.98 Å². The summed E-state index contributed by atoms with van der Waals surface area (Å²) in [6.07, 6.45) is 8.31. The van der Waals surface area contributed by atoms with Gasteiger partial charge in [0.2, 0.25) is 0 Å². The number of imidazole rings is 1. The zero-order valence-electron chi connectivity index (χ0n) is 10.1. The van der Waals surface area contributed by atoms with Crippen LogP contribution in [0.5, 0.6) is 0 Å². The van der Waals surface area contributed by atoms with Crippen molar-refractivity contribution in [2.24, 2.45) is 12.5 Å². The number of halogens is 1. The van der Waals surface area contributed by atoms with Crippen LogP contribution in [0.25, 0.3) is 0 Å². The topological polar surface area (TPSA) is 46.9 Å². The fourth-order valence-electron chi connectivity index (χ4n) is 2.37. The van der Waals surface area contributed by atoms with Crippen LogP contribution in [0.3, 0.4) is 0 Å². The third-order valence-electron chi connectivity index (χ3n) is 3.51. The Morgan fingerprint density at radius 2 is 2.29 bits per heavy atom. The number of carbonyl (C=O) groups excluding carboxylic acids is 1. The highest BCUT2D eigenvalue weighted by atomic mass is 79.9. The number of hydrogen-bond acceptors (Lipinski definition) is 2. The maximum absolute atomic E-state index is 11.9. The lowest BCUT2D eigenvalue weighted by atomic mass is 9.89. The van der Waals surface area contributed by atoms with Gasteiger partial charge in [-0.1, -0.05) is 28.8 Å². The number of rotatable bonds is 4. The largest absolute Gasteiger partial charge is 0.350 e. The number of carbonyl (C=O) groups is 1. The minimum absolute atomic E-state index is 0.0715. The SMILES string of the molecule is Cn1cnc(C(=O)NCC2(CBr)CCCC2)c1. The molecule has 0 unspecified atom stereocenters. The molecule has 1 aliphatic carbocycles. The maximum atomic E-state index is 11.9. The van der Waals surface area contributed by atoms with Crippen LogP contribution in [0.15, 0.2) is 12.5 Å². The molecule has 1 aromatic heterocycles. The number of alkyl halides is 1. The van der Waals surface area contributed by atoms with Crippen molar-refractivity contribution < 1.29 is 4.79 Å². The highest BCUT2D eigenvalue weighted by Crippen LogP contribution is 2.38.